The summed E-state index contributed by atoms with van der Waals surface area (Å²) >= 11 is 0. The van der Waals surface area contributed by atoms with Gasteiger partial charge >= 0.3 is 0 Å². The van der Waals surface area contributed by atoms with Crippen LogP contribution in [0.3, 0.4) is 0 Å². The van der Waals surface area contributed by atoms with Crippen molar-refractivity contribution < 1.29 is 0 Å². The van der Waals surface area contributed by atoms with Gasteiger partial charge in [0.2, 0.25) is 0 Å². The Balaban J connectivity index is 1.09. The third-order valence-electron chi connectivity index (χ3n) is 11.7. The Morgan fingerprint density at radius 2 is 1.04 bits per heavy atom. The van der Waals surface area contributed by atoms with E-state index in [9.17, 15) is 0 Å². The normalized spacial score (nSPS) is 13.5. The van der Waals surface area contributed by atoms with Crippen LogP contribution >= 0.6 is 0 Å². The van der Waals surface area contributed by atoms with Crippen molar-refractivity contribution in [1.29, 1.82) is 0 Å². The number of para-hydroxylation sites is 1. The van der Waals surface area contributed by atoms with Gasteiger partial charge < -0.3 is 4.98 Å². The second kappa shape index (κ2) is 10.1. The van der Waals surface area contributed by atoms with E-state index in [4.69, 9.17) is 9.97 Å². The van der Waals surface area contributed by atoms with E-state index in [0.717, 1.165) is 49.8 Å². The minimum Gasteiger partial charge on any atom is -0.359 e. The van der Waals surface area contributed by atoms with E-state index in [1.807, 2.05) is 6.20 Å². The van der Waals surface area contributed by atoms with Crippen LogP contribution in [0.15, 0.2) is 170 Å². The summed E-state index contributed by atoms with van der Waals surface area (Å²) in [7, 11) is 0. The van der Waals surface area contributed by atoms with Crippen LogP contribution in [-0.4, -0.2) is 15.0 Å². The first-order chi connectivity index (χ1) is 25.8. The number of pyridine rings is 2. The molecular formula is C49H29N3. The molecule has 3 aromatic heterocycles. The molecule has 10 aromatic rings. The Morgan fingerprint density at radius 1 is 0.423 bits per heavy atom. The molecule has 0 atom stereocenters. The topological polar surface area (TPSA) is 41.6 Å². The molecule has 0 radical (unpaired) electrons. The molecule has 3 heteroatoms. The summed E-state index contributed by atoms with van der Waals surface area (Å²) in [6.07, 6.45) is 1.98. The van der Waals surface area contributed by atoms with Gasteiger partial charge in [0.1, 0.15) is 0 Å². The first kappa shape index (κ1) is 27.9. The SMILES string of the molecule is c1ccc2c(c1)-c1ccccc1C21c2ccccc2-c2cc3c(-c4ccc(-c5ccc6ccc7cc[nH]c7c6n5)cc4)nc4ccccc4c3cc21. The second-order valence-corrected chi connectivity index (χ2v) is 14.2. The van der Waals surface area contributed by atoms with E-state index in [1.165, 1.54) is 60.7 Å². The lowest BCUT2D eigenvalue weighted by molar-refractivity contribution is 0.795. The third kappa shape index (κ3) is 3.54. The maximum absolute atomic E-state index is 5.37. The molecule has 2 aliphatic rings. The quantitative estimate of drug-likeness (QED) is 0.188. The van der Waals surface area contributed by atoms with E-state index >= 15 is 0 Å². The fourth-order valence-corrected chi connectivity index (χ4v) is 9.43. The van der Waals surface area contributed by atoms with E-state index in [1.54, 1.807) is 0 Å². The number of benzene rings is 7. The smallest absolute Gasteiger partial charge is 0.0950 e. The Labute approximate surface area is 299 Å². The number of nitrogens with zero attached hydrogens (tertiary/aromatic N) is 2. The molecule has 7 aromatic carbocycles. The fraction of sp³-hybridized carbons (Fsp3) is 0.0204. The van der Waals surface area contributed by atoms with Crippen molar-refractivity contribution >= 4 is 43.5 Å². The summed E-state index contributed by atoms with van der Waals surface area (Å²) in [5.41, 5.74) is 17.4. The number of hydrogen-bond acceptors (Lipinski definition) is 2. The average Bonchev–Trinajstić information content (AvgIpc) is 3.90. The van der Waals surface area contributed by atoms with Gasteiger partial charge in [-0.1, -0.05) is 133 Å². The minimum absolute atomic E-state index is 0.391. The molecule has 0 saturated carbocycles. The number of hydrogen-bond donors (Lipinski definition) is 1. The van der Waals surface area contributed by atoms with Gasteiger partial charge in [0.25, 0.3) is 0 Å². The monoisotopic (exact) mass is 659 g/mol. The zero-order valence-corrected chi connectivity index (χ0v) is 28.1. The highest BCUT2D eigenvalue weighted by atomic mass is 14.8. The molecule has 0 bridgehead atoms. The van der Waals surface area contributed by atoms with Gasteiger partial charge in [0.15, 0.2) is 0 Å². The van der Waals surface area contributed by atoms with Crippen LogP contribution in [-0.2, 0) is 5.41 Å². The highest BCUT2D eigenvalue weighted by Gasteiger charge is 2.51. The fourth-order valence-electron chi connectivity index (χ4n) is 9.43. The van der Waals surface area contributed by atoms with Crippen molar-refractivity contribution in [2.45, 2.75) is 5.41 Å². The lowest BCUT2D eigenvalue weighted by Gasteiger charge is -2.30. The van der Waals surface area contributed by atoms with Crippen molar-refractivity contribution in [3.8, 4) is 44.8 Å². The van der Waals surface area contributed by atoms with Crippen LogP contribution < -0.4 is 0 Å². The largest absolute Gasteiger partial charge is 0.359 e. The van der Waals surface area contributed by atoms with Crippen molar-refractivity contribution in [2.75, 3.05) is 0 Å². The molecule has 52 heavy (non-hydrogen) atoms. The van der Waals surface area contributed by atoms with E-state index < -0.39 is 5.41 Å². The zero-order chi connectivity index (χ0) is 34.0. The van der Waals surface area contributed by atoms with E-state index in [2.05, 4.69) is 169 Å². The maximum atomic E-state index is 5.37. The maximum Gasteiger partial charge on any atom is 0.0950 e. The Bertz CT molecular complexity index is 3090. The highest BCUT2D eigenvalue weighted by molar-refractivity contribution is 6.14. The Hall–Kier alpha value is -6.84. The van der Waals surface area contributed by atoms with Gasteiger partial charge in [-0.15, -0.1) is 0 Å². The van der Waals surface area contributed by atoms with Crippen LogP contribution in [0.1, 0.15) is 22.3 Å². The Kier molecular flexibility index (Phi) is 5.43. The summed E-state index contributed by atoms with van der Waals surface area (Å²) in [6, 6.07) is 60.0. The van der Waals surface area contributed by atoms with Crippen LogP contribution in [0, 0.1) is 0 Å². The van der Waals surface area contributed by atoms with Gasteiger partial charge in [-0.2, -0.15) is 0 Å². The van der Waals surface area contributed by atoms with Crippen molar-refractivity contribution in [1.82, 2.24) is 15.0 Å². The summed E-state index contributed by atoms with van der Waals surface area (Å²) in [5, 5.41) is 5.85. The van der Waals surface area contributed by atoms with Crippen molar-refractivity contribution in [2.24, 2.45) is 0 Å². The van der Waals surface area contributed by atoms with E-state index in [-0.39, 0.29) is 0 Å². The zero-order valence-electron chi connectivity index (χ0n) is 28.1. The number of aromatic nitrogens is 3. The minimum atomic E-state index is -0.391. The molecule has 12 rings (SSSR count). The predicted molar refractivity (Wildman–Crippen MR) is 214 cm³/mol. The van der Waals surface area contributed by atoms with Gasteiger partial charge in [0.05, 0.1) is 33.4 Å². The summed E-state index contributed by atoms with van der Waals surface area (Å²) in [5.74, 6) is 0. The first-order valence-electron chi connectivity index (χ1n) is 17.9. The molecule has 3 nitrogen and oxygen atoms in total. The highest BCUT2D eigenvalue weighted by Crippen LogP contribution is 2.63. The Morgan fingerprint density at radius 3 is 1.79 bits per heavy atom. The van der Waals surface area contributed by atoms with Gasteiger partial charge in [-0.3, -0.25) is 0 Å². The lowest BCUT2D eigenvalue weighted by Crippen LogP contribution is -2.25. The van der Waals surface area contributed by atoms with Crippen LogP contribution in [0.4, 0.5) is 0 Å². The van der Waals surface area contributed by atoms with Crippen molar-refractivity contribution in [3.63, 3.8) is 0 Å². The molecule has 0 unspecified atom stereocenters. The lowest BCUT2D eigenvalue weighted by atomic mass is 9.70. The van der Waals surface area contributed by atoms with Gasteiger partial charge in [0, 0.05) is 38.9 Å². The van der Waals surface area contributed by atoms with Gasteiger partial charge in [-0.25, -0.2) is 9.97 Å². The van der Waals surface area contributed by atoms with E-state index in [0.29, 0.717) is 0 Å². The molecule has 3 heterocycles. The molecule has 240 valence electrons. The molecule has 1 N–H and O–H groups in total. The number of fused-ring (bicyclic) bond motifs is 16. The third-order valence-corrected chi connectivity index (χ3v) is 11.7. The van der Waals surface area contributed by atoms with Gasteiger partial charge in [-0.05, 0) is 80.2 Å². The molecular weight excluding hydrogens is 631 g/mol. The second-order valence-electron chi connectivity index (χ2n) is 14.2. The predicted octanol–water partition coefficient (Wildman–Crippen LogP) is 12.1. The standard InChI is InChI=1S/C49H29N3/c1-5-13-40-33(9-1)34-10-2-6-14-41(34)49(40)42-15-7-3-11-35(42)38-27-39-37(28-43(38)49)36-12-4-8-16-45(36)52-46(39)30-19-17-29(18-20-30)44-24-23-31-21-22-32-25-26-50-47(32)48(31)51-44/h1-28,50H. The van der Waals surface area contributed by atoms with Crippen LogP contribution in [0.2, 0.25) is 0 Å². The number of rotatable bonds is 2. The number of aromatic amines is 1. The number of nitrogens with one attached hydrogen (secondary N) is 1. The molecule has 2 aliphatic carbocycles. The summed E-state index contributed by atoms with van der Waals surface area (Å²) in [6.45, 7) is 0. The molecule has 1 spiro atoms. The van der Waals surface area contributed by atoms with Crippen molar-refractivity contribution in [3.05, 3.63) is 192 Å². The summed E-state index contributed by atoms with van der Waals surface area (Å²) < 4.78 is 0. The number of H-pyrrole nitrogens is 1. The first-order valence-corrected chi connectivity index (χ1v) is 17.9. The molecule has 0 amide bonds. The molecule has 0 saturated heterocycles. The molecule has 0 fully saturated rings. The summed E-state index contributed by atoms with van der Waals surface area (Å²) in [4.78, 5) is 13.9. The van der Waals surface area contributed by atoms with Crippen LogP contribution in [0.25, 0.3) is 88.2 Å². The average molecular weight is 660 g/mol. The molecule has 0 aliphatic heterocycles. The van der Waals surface area contributed by atoms with Crippen LogP contribution in [0.5, 0.6) is 0 Å².